The van der Waals surface area contributed by atoms with Gasteiger partial charge in [-0.25, -0.2) is 8.42 Å². The van der Waals surface area contributed by atoms with Crippen LogP contribution in [0.2, 0.25) is 0 Å². The predicted octanol–water partition coefficient (Wildman–Crippen LogP) is 3.77. The predicted molar refractivity (Wildman–Crippen MR) is 101 cm³/mol. The first-order valence-corrected chi connectivity index (χ1v) is 10.4. The van der Waals surface area contributed by atoms with Crippen molar-refractivity contribution in [2.45, 2.75) is 37.7 Å². The van der Waals surface area contributed by atoms with Gasteiger partial charge in [-0.2, -0.15) is 11.3 Å². The first-order valence-electron chi connectivity index (χ1n) is 7.57. The van der Waals surface area contributed by atoms with E-state index in [1.807, 2.05) is 31.4 Å². The van der Waals surface area contributed by atoms with E-state index in [0.29, 0.717) is 28.6 Å². The molecule has 1 atom stereocenters. The molecular formula is C16H18N2O3S3. The number of anilines is 2. The van der Waals surface area contributed by atoms with Crippen LogP contribution in [0.3, 0.4) is 0 Å². The van der Waals surface area contributed by atoms with Gasteiger partial charge in [0.1, 0.15) is 11.0 Å². The van der Waals surface area contributed by atoms with Crippen molar-refractivity contribution in [1.82, 2.24) is 0 Å². The number of ether oxygens (including phenoxy) is 1. The molecule has 2 N–H and O–H groups in total. The maximum atomic E-state index is 12.6. The highest BCUT2D eigenvalue weighted by molar-refractivity contribution is 7.93. The van der Waals surface area contributed by atoms with Gasteiger partial charge in [-0.15, -0.1) is 0 Å². The van der Waals surface area contributed by atoms with Gasteiger partial charge in [0.2, 0.25) is 0 Å². The van der Waals surface area contributed by atoms with E-state index in [4.69, 9.17) is 17.0 Å². The van der Waals surface area contributed by atoms with Crippen LogP contribution in [0.4, 0.5) is 11.4 Å². The highest BCUT2D eigenvalue weighted by Gasteiger charge is 2.21. The van der Waals surface area contributed by atoms with Crippen LogP contribution in [0, 0.1) is 0 Å². The Hall–Kier alpha value is -1.64. The molecule has 0 radical (unpaired) electrons. The Morgan fingerprint density at radius 3 is 2.96 bits per heavy atom. The Morgan fingerprint density at radius 1 is 1.42 bits per heavy atom. The lowest BCUT2D eigenvalue weighted by Crippen LogP contribution is -2.16. The van der Waals surface area contributed by atoms with Gasteiger partial charge in [0.05, 0.1) is 0 Å². The lowest BCUT2D eigenvalue weighted by atomic mass is 10.1. The average Bonchev–Trinajstić information content (AvgIpc) is 2.93. The second-order valence-electron chi connectivity index (χ2n) is 5.64. The fraction of sp³-hybridized carbons (Fsp3) is 0.312. The zero-order valence-corrected chi connectivity index (χ0v) is 15.8. The number of nitrogens with one attached hydrogen (secondary N) is 2. The lowest BCUT2D eigenvalue weighted by molar-refractivity contribution is 0.217. The van der Waals surface area contributed by atoms with Crippen molar-refractivity contribution in [1.29, 1.82) is 0 Å². The number of rotatable bonds is 4. The summed E-state index contributed by atoms with van der Waals surface area (Å²) in [6.45, 7) is 3.87. The third-order valence-electron chi connectivity index (χ3n) is 3.78. The van der Waals surface area contributed by atoms with Gasteiger partial charge in [-0.3, -0.25) is 4.72 Å². The summed E-state index contributed by atoms with van der Waals surface area (Å²) in [6.07, 6.45) is 1.26. The third-order valence-corrected chi connectivity index (χ3v) is 6.39. The molecule has 5 nitrogen and oxygen atoms in total. The summed E-state index contributed by atoms with van der Waals surface area (Å²) < 4.78 is 33.4. The minimum atomic E-state index is -3.59. The molecule has 1 aromatic carbocycles. The molecule has 0 saturated carbocycles. The number of aryl methyl sites for hydroxylation is 1. The van der Waals surface area contributed by atoms with Gasteiger partial charge in [0.25, 0.3) is 15.2 Å². The SMILES string of the molecule is CCc1cscc1S(=O)(=O)Nc1ccc2c(c1)CC(C)OC(=S)N2. The Kier molecular flexibility index (Phi) is 4.80. The van der Waals surface area contributed by atoms with E-state index in [1.165, 1.54) is 11.3 Å². The van der Waals surface area contributed by atoms with Crippen molar-refractivity contribution < 1.29 is 13.2 Å². The highest BCUT2D eigenvalue weighted by atomic mass is 32.2. The molecule has 1 aliphatic heterocycles. The standard InChI is InChI=1S/C16H18N2O3S3/c1-3-11-8-23-9-15(11)24(19,20)18-13-4-5-14-12(7-13)6-10(2)21-16(22)17-14/h4-5,7-10,18H,3,6H2,1-2H3,(H,17,22). The molecule has 0 fully saturated rings. The normalized spacial score (nSPS) is 17.4. The molecule has 1 aromatic heterocycles. The summed E-state index contributed by atoms with van der Waals surface area (Å²) in [7, 11) is -3.59. The Bertz CT molecular complexity index is 874. The number of hydrogen-bond donors (Lipinski definition) is 2. The summed E-state index contributed by atoms with van der Waals surface area (Å²) in [5.74, 6) is 0. The Morgan fingerprint density at radius 2 is 2.21 bits per heavy atom. The van der Waals surface area contributed by atoms with Gasteiger partial charge < -0.3 is 10.1 Å². The third kappa shape index (κ3) is 3.55. The number of fused-ring (bicyclic) bond motifs is 1. The first-order chi connectivity index (χ1) is 11.4. The van der Waals surface area contributed by atoms with Crippen molar-refractivity contribution in [2.24, 2.45) is 0 Å². The molecule has 0 amide bonds. The second-order valence-corrected chi connectivity index (χ2v) is 8.40. The van der Waals surface area contributed by atoms with Crippen LogP contribution >= 0.6 is 23.6 Å². The molecule has 0 saturated heterocycles. The van der Waals surface area contributed by atoms with Crippen LogP contribution < -0.4 is 10.0 Å². The summed E-state index contributed by atoms with van der Waals surface area (Å²) in [6, 6.07) is 5.36. The van der Waals surface area contributed by atoms with E-state index in [-0.39, 0.29) is 6.10 Å². The van der Waals surface area contributed by atoms with Crippen LogP contribution in [0.5, 0.6) is 0 Å². The largest absolute Gasteiger partial charge is 0.467 e. The maximum absolute atomic E-state index is 12.6. The summed E-state index contributed by atoms with van der Waals surface area (Å²) >= 11 is 6.50. The Balaban J connectivity index is 1.90. The quantitative estimate of drug-likeness (QED) is 0.788. The summed E-state index contributed by atoms with van der Waals surface area (Å²) in [4.78, 5) is 0.348. The molecule has 1 aliphatic rings. The van der Waals surface area contributed by atoms with Crippen molar-refractivity contribution >= 4 is 50.1 Å². The van der Waals surface area contributed by atoms with Crippen LogP contribution in [-0.2, 0) is 27.6 Å². The average molecular weight is 383 g/mol. The molecule has 128 valence electrons. The highest BCUT2D eigenvalue weighted by Crippen LogP contribution is 2.28. The minimum Gasteiger partial charge on any atom is -0.467 e. The molecule has 3 rings (SSSR count). The molecule has 0 spiro atoms. The van der Waals surface area contributed by atoms with Gasteiger partial charge in [0, 0.05) is 23.2 Å². The van der Waals surface area contributed by atoms with E-state index in [1.54, 1.807) is 11.4 Å². The van der Waals surface area contributed by atoms with E-state index in [9.17, 15) is 8.42 Å². The van der Waals surface area contributed by atoms with Crippen LogP contribution in [0.15, 0.2) is 33.9 Å². The van der Waals surface area contributed by atoms with Crippen molar-refractivity contribution in [3.63, 3.8) is 0 Å². The molecule has 0 aliphatic carbocycles. The fourth-order valence-electron chi connectivity index (χ4n) is 2.64. The molecular weight excluding hydrogens is 364 g/mol. The molecule has 1 unspecified atom stereocenters. The van der Waals surface area contributed by atoms with Crippen molar-refractivity contribution in [2.75, 3.05) is 10.0 Å². The number of benzene rings is 1. The zero-order chi connectivity index (χ0) is 17.3. The first kappa shape index (κ1) is 17.2. The van der Waals surface area contributed by atoms with Gasteiger partial charge in [-0.05, 0) is 60.3 Å². The molecule has 24 heavy (non-hydrogen) atoms. The molecule has 2 heterocycles. The van der Waals surface area contributed by atoms with Crippen molar-refractivity contribution in [3.05, 3.63) is 40.1 Å². The van der Waals surface area contributed by atoms with E-state index in [2.05, 4.69) is 10.0 Å². The number of sulfonamides is 1. The molecule has 2 aromatic rings. The zero-order valence-electron chi connectivity index (χ0n) is 13.3. The second kappa shape index (κ2) is 6.70. The van der Waals surface area contributed by atoms with Crippen LogP contribution in [0.1, 0.15) is 25.0 Å². The van der Waals surface area contributed by atoms with E-state index in [0.717, 1.165) is 16.8 Å². The number of thiophene rings is 1. The number of hydrogen-bond acceptors (Lipinski definition) is 5. The topological polar surface area (TPSA) is 67.4 Å². The lowest BCUT2D eigenvalue weighted by Gasteiger charge is -2.12. The summed E-state index contributed by atoms with van der Waals surface area (Å²) in [5, 5.41) is 6.89. The minimum absolute atomic E-state index is 0.0679. The van der Waals surface area contributed by atoms with Gasteiger partial charge >= 0.3 is 0 Å². The fourth-order valence-corrected chi connectivity index (χ4v) is 5.56. The van der Waals surface area contributed by atoms with Crippen LogP contribution in [-0.4, -0.2) is 19.7 Å². The monoisotopic (exact) mass is 382 g/mol. The van der Waals surface area contributed by atoms with E-state index < -0.39 is 10.0 Å². The Labute approximate surface area is 151 Å². The number of thiocarbonyl (C=S) groups is 1. The van der Waals surface area contributed by atoms with Gasteiger partial charge in [-0.1, -0.05) is 6.92 Å². The van der Waals surface area contributed by atoms with E-state index >= 15 is 0 Å². The van der Waals surface area contributed by atoms with Crippen molar-refractivity contribution in [3.8, 4) is 0 Å². The van der Waals surface area contributed by atoms with Crippen LogP contribution in [0.25, 0.3) is 0 Å². The maximum Gasteiger partial charge on any atom is 0.262 e. The summed E-state index contributed by atoms with van der Waals surface area (Å²) in [5.41, 5.74) is 3.17. The van der Waals surface area contributed by atoms with Gasteiger partial charge in [0.15, 0.2) is 0 Å². The molecule has 0 bridgehead atoms. The molecule has 8 heteroatoms. The smallest absolute Gasteiger partial charge is 0.262 e.